The van der Waals surface area contributed by atoms with E-state index in [-0.39, 0.29) is 12.3 Å². The van der Waals surface area contributed by atoms with E-state index < -0.39 is 5.97 Å². The van der Waals surface area contributed by atoms with E-state index in [1.165, 1.54) is 0 Å². The van der Waals surface area contributed by atoms with Gasteiger partial charge in [0.1, 0.15) is 18.0 Å². The predicted octanol–water partition coefficient (Wildman–Crippen LogP) is 6.34. The molecule has 0 fully saturated rings. The molecule has 1 aromatic heterocycles. The monoisotopic (exact) mass is 399 g/mol. The molecule has 0 amide bonds. The Balaban J connectivity index is 1.69. The molecular formula is C24H21N3O3. The first-order valence-corrected chi connectivity index (χ1v) is 9.71. The van der Waals surface area contributed by atoms with Gasteiger partial charge < -0.3 is 14.5 Å². The summed E-state index contributed by atoms with van der Waals surface area (Å²) in [5, 5.41) is 9.39. The van der Waals surface area contributed by atoms with Gasteiger partial charge in [-0.15, -0.1) is 5.11 Å². The van der Waals surface area contributed by atoms with E-state index in [0.717, 1.165) is 16.5 Å². The van der Waals surface area contributed by atoms with Crippen LogP contribution in [0.2, 0.25) is 0 Å². The van der Waals surface area contributed by atoms with E-state index in [1.807, 2.05) is 78.9 Å². The maximum atomic E-state index is 12.5. The van der Waals surface area contributed by atoms with Crippen molar-refractivity contribution in [2.75, 3.05) is 6.61 Å². The molecular weight excluding hydrogens is 378 g/mol. The number of nitrogens with zero attached hydrogens (tertiary/aromatic N) is 2. The van der Waals surface area contributed by atoms with Gasteiger partial charge in [0.05, 0.1) is 12.3 Å². The third-order valence-corrected chi connectivity index (χ3v) is 4.49. The summed E-state index contributed by atoms with van der Waals surface area (Å²) in [6, 6.07) is 24.9. The quantitative estimate of drug-likeness (QED) is 0.291. The molecule has 1 heterocycles. The Hall–Kier alpha value is -3.93. The minimum absolute atomic E-state index is 0.270. The fourth-order valence-corrected chi connectivity index (χ4v) is 3.04. The minimum atomic E-state index is -0.470. The summed E-state index contributed by atoms with van der Waals surface area (Å²) in [5.74, 6) is 0.208. The summed E-state index contributed by atoms with van der Waals surface area (Å²) in [6.07, 6.45) is 0. The van der Waals surface area contributed by atoms with Gasteiger partial charge in [-0.25, -0.2) is 4.79 Å². The number of H-pyrrole nitrogens is 1. The number of ether oxygens (including phenoxy) is 2. The van der Waals surface area contributed by atoms with Crippen LogP contribution in [-0.4, -0.2) is 17.6 Å². The summed E-state index contributed by atoms with van der Waals surface area (Å²) in [7, 11) is 0. The Morgan fingerprint density at radius 1 is 0.933 bits per heavy atom. The molecule has 0 aliphatic heterocycles. The van der Waals surface area contributed by atoms with E-state index >= 15 is 0 Å². The van der Waals surface area contributed by atoms with Crippen LogP contribution in [0.15, 0.2) is 89.1 Å². The molecule has 1 N–H and O–H groups in total. The van der Waals surface area contributed by atoms with Gasteiger partial charge >= 0.3 is 5.97 Å². The number of benzene rings is 3. The zero-order valence-electron chi connectivity index (χ0n) is 16.5. The van der Waals surface area contributed by atoms with Crippen LogP contribution in [0.1, 0.15) is 23.0 Å². The molecule has 150 valence electrons. The second-order valence-electron chi connectivity index (χ2n) is 6.59. The zero-order valence-corrected chi connectivity index (χ0v) is 16.5. The number of carbonyl (C=O) groups excluding carboxylic acids is 1. The maximum absolute atomic E-state index is 12.5. The van der Waals surface area contributed by atoms with Crippen molar-refractivity contribution in [1.29, 1.82) is 0 Å². The lowest BCUT2D eigenvalue weighted by Crippen LogP contribution is -2.04. The molecule has 0 spiro atoms. The molecule has 30 heavy (non-hydrogen) atoms. The summed E-state index contributed by atoms with van der Waals surface area (Å²) in [4.78, 5) is 15.6. The van der Waals surface area contributed by atoms with Gasteiger partial charge in [-0.2, -0.15) is 5.11 Å². The number of hydrogen-bond acceptors (Lipinski definition) is 5. The molecule has 0 radical (unpaired) electrons. The van der Waals surface area contributed by atoms with Gasteiger partial charge in [0.15, 0.2) is 5.69 Å². The predicted molar refractivity (Wildman–Crippen MR) is 116 cm³/mol. The number of fused-ring (bicyclic) bond motifs is 1. The third kappa shape index (κ3) is 4.38. The fourth-order valence-electron chi connectivity index (χ4n) is 3.04. The van der Waals surface area contributed by atoms with Crippen molar-refractivity contribution in [3.05, 3.63) is 90.1 Å². The maximum Gasteiger partial charge on any atom is 0.357 e. The van der Waals surface area contributed by atoms with Crippen molar-refractivity contribution in [2.45, 2.75) is 13.5 Å². The molecule has 0 unspecified atom stereocenters. The van der Waals surface area contributed by atoms with Gasteiger partial charge in [-0.3, -0.25) is 0 Å². The molecule has 6 nitrogen and oxygen atoms in total. The lowest BCUT2D eigenvalue weighted by Gasteiger charge is -2.06. The highest BCUT2D eigenvalue weighted by Gasteiger charge is 2.19. The Morgan fingerprint density at radius 3 is 2.40 bits per heavy atom. The lowest BCUT2D eigenvalue weighted by molar-refractivity contribution is 0.0521. The van der Waals surface area contributed by atoms with Crippen molar-refractivity contribution < 1.29 is 14.3 Å². The second kappa shape index (κ2) is 9.05. The number of carbonyl (C=O) groups is 1. The fraction of sp³-hybridized carbons (Fsp3) is 0.125. The van der Waals surface area contributed by atoms with Crippen LogP contribution >= 0.6 is 0 Å². The smallest absolute Gasteiger partial charge is 0.357 e. The number of nitrogens with one attached hydrogen (secondary N) is 1. The van der Waals surface area contributed by atoms with Gasteiger partial charge in [-0.1, -0.05) is 48.5 Å². The highest BCUT2D eigenvalue weighted by Crippen LogP contribution is 2.35. The molecule has 0 aliphatic carbocycles. The van der Waals surface area contributed by atoms with Gasteiger partial charge in [-0.05, 0) is 42.8 Å². The molecule has 4 rings (SSSR count). The summed E-state index contributed by atoms with van der Waals surface area (Å²) < 4.78 is 11.1. The van der Waals surface area contributed by atoms with Crippen LogP contribution in [-0.2, 0) is 11.3 Å². The Morgan fingerprint density at radius 2 is 1.67 bits per heavy atom. The molecule has 0 bridgehead atoms. The molecule has 6 heteroatoms. The Labute approximate surface area is 174 Å². The molecule has 0 saturated heterocycles. The Bertz CT molecular complexity index is 1170. The number of aromatic amines is 1. The van der Waals surface area contributed by atoms with Crippen molar-refractivity contribution in [3.63, 3.8) is 0 Å². The van der Waals surface area contributed by atoms with Gasteiger partial charge in [0, 0.05) is 10.9 Å². The van der Waals surface area contributed by atoms with E-state index in [4.69, 9.17) is 9.47 Å². The molecule has 4 aromatic rings. The lowest BCUT2D eigenvalue weighted by atomic mass is 10.2. The zero-order chi connectivity index (χ0) is 20.8. The van der Waals surface area contributed by atoms with E-state index in [9.17, 15) is 4.79 Å². The first-order chi connectivity index (χ1) is 14.7. The van der Waals surface area contributed by atoms with Crippen molar-refractivity contribution in [1.82, 2.24) is 4.98 Å². The van der Waals surface area contributed by atoms with E-state index in [2.05, 4.69) is 15.2 Å². The van der Waals surface area contributed by atoms with Crippen LogP contribution in [0.5, 0.6) is 5.75 Å². The van der Waals surface area contributed by atoms with Crippen LogP contribution in [0.4, 0.5) is 11.4 Å². The number of rotatable bonds is 7. The van der Waals surface area contributed by atoms with Gasteiger partial charge in [0.25, 0.3) is 0 Å². The normalized spacial score (nSPS) is 11.1. The second-order valence-corrected chi connectivity index (χ2v) is 6.59. The van der Waals surface area contributed by atoms with Crippen LogP contribution in [0.3, 0.4) is 0 Å². The Kier molecular flexibility index (Phi) is 5.85. The van der Waals surface area contributed by atoms with Crippen molar-refractivity contribution >= 4 is 28.2 Å². The van der Waals surface area contributed by atoms with Crippen LogP contribution < -0.4 is 4.74 Å². The largest absolute Gasteiger partial charge is 0.489 e. The summed E-state index contributed by atoms with van der Waals surface area (Å²) in [5.41, 5.74) is 3.22. The standard InChI is InChI=1S/C24H21N3O3/c1-2-29-24(28)23-22(27-26-18-11-7-4-8-12-18)20-15-19(13-14-21(20)25-23)30-16-17-9-5-3-6-10-17/h3-15,25H,2,16H2,1H3. The molecule has 0 saturated carbocycles. The highest BCUT2D eigenvalue weighted by molar-refractivity contribution is 6.05. The van der Waals surface area contributed by atoms with E-state index in [0.29, 0.717) is 23.7 Å². The SMILES string of the molecule is CCOC(=O)c1[nH]c2ccc(OCc3ccccc3)cc2c1N=Nc1ccccc1. The first kappa shape index (κ1) is 19.4. The minimum Gasteiger partial charge on any atom is -0.489 e. The van der Waals surface area contributed by atoms with Gasteiger partial charge in [0.2, 0.25) is 0 Å². The van der Waals surface area contributed by atoms with E-state index in [1.54, 1.807) is 6.92 Å². The van der Waals surface area contributed by atoms with Crippen LogP contribution in [0, 0.1) is 0 Å². The molecule has 0 atom stereocenters. The first-order valence-electron chi connectivity index (χ1n) is 9.71. The number of aromatic nitrogens is 1. The highest BCUT2D eigenvalue weighted by atomic mass is 16.5. The van der Waals surface area contributed by atoms with Crippen molar-refractivity contribution in [2.24, 2.45) is 10.2 Å². The average Bonchev–Trinajstić information content (AvgIpc) is 3.16. The number of hydrogen-bond donors (Lipinski definition) is 1. The van der Waals surface area contributed by atoms with Crippen LogP contribution in [0.25, 0.3) is 10.9 Å². The number of azo groups is 1. The summed E-state index contributed by atoms with van der Waals surface area (Å²) in [6.45, 7) is 2.48. The number of esters is 1. The molecule has 3 aromatic carbocycles. The average molecular weight is 399 g/mol. The molecule has 0 aliphatic rings. The van der Waals surface area contributed by atoms with Crippen molar-refractivity contribution in [3.8, 4) is 5.75 Å². The topological polar surface area (TPSA) is 76.0 Å². The third-order valence-electron chi connectivity index (χ3n) is 4.49. The summed E-state index contributed by atoms with van der Waals surface area (Å²) >= 11 is 0.